The van der Waals surface area contributed by atoms with Gasteiger partial charge in [-0.25, -0.2) is 0 Å². The van der Waals surface area contributed by atoms with Crippen molar-refractivity contribution in [3.8, 4) is 5.75 Å². The summed E-state index contributed by atoms with van der Waals surface area (Å²) >= 11 is 0. The lowest BCUT2D eigenvalue weighted by Gasteiger charge is -2.32. The van der Waals surface area contributed by atoms with Crippen molar-refractivity contribution in [3.05, 3.63) is 65.9 Å². The summed E-state index contributed by atoms with van der Waals surface area (Å²) in [7, 11) is -2.48. The number of likely N-dealkylation sites (tertiary alicyclic amines) is 1. The van der Waals surface area contributed by atoms with Crippen LogP contribution in [-0.2, 0) is 21.3 Å². The predicted molar refractivity (Wildman–Crippen MR) is 125 cm³/mol. The van der Waals surface area contributed by atoms with Crippen molar-refractivity contribution in [2.45, 2.75) is 25.3 Å². The lowest BCUT2D eigenvalue weighted by atomic mass is 10.0. The van der Waals surface area contributed by atoms with Gasteiger partial charge < -0.3 is 19.0 Å². The van der Waals surface area contributed by atoms with Crippen LogP contribution in [-0.4, -0.2) is 61.3 Å². The molecule has 0 bridgehead atoms. The smallest absolute Gasteiger partial charge is 0.300 e. The second kappa shape index (κ2) is 9.94. The SMILES string of the molecule is CN(C(=O)Cc1cc2ccccc2o1)C(CN1CCCC1)c1cccc(OCS(=O)(=O)O)c1. The minimum atomic E-state index is -4.26. The van der Waals surface area contributed by atoms with Crippen molar-refractivity contribution in [3.63, 3.8) is 0 Å². The molecule has 0 aliphatic carbocycles. The number of amides is 1. The average molecular weight is 473 g/mol. The van der Waals surface area contributed by atoms with E-state index in [9.17, 15) is 13.2 Å². The summed E-state index contributed by atoms with van der Waals surface area (Å²) in [6.07, 6.45) is 2.39. The van der Waals surface area contributed by atoms with Gasteiger partial charge in [0, 0.05) is 19.0 Å². The highest BCUT2D eigenvalue weighted by atomic mass is 32.2. The van der Waals surface area contributed by atoms with Crippen LogP contribution >= 0.6 is 0 Å². The van der Waals surface area contributed by atoms with Crippen LogP contribution in [0.25, 0.3) is 11.0 Å². The van der Waals surface area contributed by atoms with Crippen LogP contribution in [0.1, 0.15) is 30.2 Å². The van der Waals surface area contributed by atoms with Gasteiger partial charge in [-0.15, -0.1) is 0 Å². The van der Waals surface area contributed by atoms with Crippen LogP contribution < -0.4 is 4.74 Å². The minimum absolute atomic E-state index is 0.0810. The first kappa shape index (κ1) is 23.3. The van der Waals surface area contributed by atoms with E-state index in [0.29, 0.717) is 18.1 Å². The number of nitrogens with zero attached hydrogens (tertiary/aromatic N) is 2. The highest BCUT2D eigenvalue weighted by Gasteiger charge is 2.27. The normalized spacial score (nSPS) is 15.6. The van der Waals surface area contributed by atoms with Crippen molar-refractivity contribution >= 4 is 27.0 Å². The summed E-state index contributed by atoms with van der Waals surface area (Å²) < 4.78 is 42.1. The molecule has 1 amide bonds. The number of ether oxygens (including phenoxy) is 1. The molecule has 1 saturated heterocycles. The Morgan fingerprint density at radius 2 is 1.91 bits per heavy atom. The molecule has 1 aliphatic rings. The van der Waals surface area contributed by atoms with Crippen molar-refractivity contribution in [1.82, 2.24) is 9.80 Å². The molecule has 1 atom stereocenters. The molecule has 1 N–H and O–H groups in total. The first-order valence-electron chi connectivity index (χ1n) is 10.9. The summed E-state index contributed by atoms with van der Waals surface area (Å²) in [4.78, 5) is 17.3. The Labute approximate surface area is 193 Å². The Bertz CT molecular complexity index is 1180. The van der Waals surface area contributed by atoms with Crippen molar-refractivity contribution < 1.29 is 26.9 Å². The maximum absolute atomic E-state index is 13.2. The number of benzene rings is 2. The summed E-state index contributed by atoms with van der Waals surface area (Å²) in [5.41, 5.74) is 1.58. The molecule has 9 heteroatoms. The summed E-state index contributed by atoms with van der Waals surface area (Å²) in [5, 5.41) is 0.959. The second-order valence-corrected chi connectivity index (χ2v) is 9.77. The molecule has 3 aromatic rings. The van der Waals surface area contributed by atoms with Crippen molar-refractivity contribution in [2.24, 2.45) is 0 Å². The van der Waals surface area contributed by atoms with E-state index in [1.54, 1.807) is 30.1 Å². The topological polar surface area (TPSA) is 100 Å². The van der Waals surface area contributed by atoms with Gasteiger partial charge in [-0.1, -0.05) is 30.3 Å². The molecule has 1 aliphatic heterocycles. The van der Waals surface area contributed by atoms with Gasteiger partial charge in [0.2, 0.25) is 11.8 Å². The molecule has 2 heterocycles. The van der Waals surface area contributed by atoms with E-state index >= 15 is 0 Å². The van der Waals surface area contributed by atoms with Gasteiger partial charge in [0.1, 0.15) is 17.1 Å². The number of hydrogen-bond acceptors (Lipinski definition) is 6. The Kier molecular flexibility index (Phi) is 7.02. The van der Waals surface area contributed by atoms with Crippen LogP contribution in [0.5, 0.6) is 5.75 Å². The fraction of sp³-hybridized carbons (Fsp3) is 0.375. The molecule has 33 heavy (non-hydrogen) atoms. The van der Waals surface area contributed by atoms with Gasteiger partial charge in [-0.3, -0.25) is 9.35 Å². The molecule has 8 nitrogen and oxygen atoms in total. The number of carbonyl (C=O) groups excluding carboxylic acids is 1. The molecule has 0 spiro atoms. The Morgan fingerprint density at radius 3 is 2.64 bits per heavy atom. The number of para-hydroxylation sites is 1. The van der Waals surface area contributed by atoms with Gasteiger partial charge in [-0.05, 0) is 55.8 Å². The molecule has 4 rings (SSSR count). The summed E-state index contributed by atoms with van der Waals surface area (Å²) in [5.74, 6) is 0.0176. The quantitative estimate of drug-likeness (QED) is 0.476. The maximum atomic E-state index is 13.2. The Hall–Kier alpha value is -2.88. The number of hydrogen-bond donors (Lipinski definition) is 1. The first-order valence-corrected chi connectivity index (χ1v) is 12.5. The van der Waals surface area contributed by atoms with E-state index in [1.165, 1.54) is 0 Å². The van der Waals surface area contributed by atoms with Crippen LogP contribution in [0.4, 0.5) is 0 Å². The maximum Gasteiger partial charge on any atom is 0.300 e. The zero-order valence-corrected chi connectivity index (χ0v) is 19.3. The molecule has 176 valence electrons. The number of fused-ring (bicyclic) bond motifs is 1. The monoisotopic (exact) mass is 472 g/mol. The number of rotatable bonds is 9. The van der Waals surface area contributed by atoms with Crippen LogP contribution in [0.15, 0.2) is 59.0 Å². The van der Waals surface area contributed by atoms with Gasteiger partial charge in [0.25, 0.3) is 0 Å². The zero-order chi connectivity index (χ0) is 23.4. The molecule has 1 unspecified atom stereocenters. The molecular formula is C24H28N2O6S. The third-order valence-electron chi connectivity index (χ3n) is 5.91. The molecule has 0 saturated carbocycles. The number of furan rings is 1. The third-order valence-corrected chi connectivity index (χ3v) is 6.33. The molecule has 2 aromatic carbocycles. The van der Waals surface area contributed by atoms with Crippen molar-refractivity contribution in [1.29, 1.82) is 0 Å². The molecule has 0 radical (unpaired) electrons. The van der Waals surface area contributed by atoms with E-state index in [4.69, 9.17) is 13.7 Å². The first-order chi connectivity index (χ1) is 15.8. The fourth-order valence-electron chi connectivity index (χ4n) is 4.19. The van der Waals surface area contributed by atoms with Crippen LogP contribution in [0.3, 0.4) is 0 Å². The highest BCUT2D eigenvalue weighted by molar-refractivity contribution is 7.85. The summed E-state index contributed by atoms with van der Waals surface area (Å²) in [6, 6.07) is 16.3. The molecule has 1 aromatic heterocycles. The average Bonchev–Trinajstić information content (AvgIpc) is 3.44. The van der Waals surface area contributed by atoms with Crippen molar-refractivity contribution in [2.75, 3.05) is 32.6 Å². The Balaban J connectivity index is 1.54. The van der Waals surface area contributed by atoms with Crippen LogP contribution in [0.2, 0.25) is 0 Å². The lowest BCUT2D eigenvalue weighted by Crippen LogP contribution is -2.39. The van der Waals surface area contributed by atoms with Gasteiger partial charge in [0.05, 0.1) is 12.5 Å². The van der Waals surface area contributed by atoms with Crippen LogP contribution in [0, 0.1) is 0 Å². The standard InChI is InChI=1S/C24H28N2O6S/c1-25(24(27)15-21-14-19-7-2-3-10-23(19)32-21)22(16-26-11-4-5-12-26)18-8-6-9-20(13-18)31-17-33(28,29)30/h2-3,6-10,13-14,22H,4-5,11-12,15-17H2,1H3,(H,28,29,30). The second-order valence-electron chi connectivity index (χ2n) is 8.37. The molecular weight excluding hydrogens is 444 g/mol. The number of likely N-dealkylation sites (N-methyl/N-ethyl adjacent to an activating group) is 1. The zero-order valence-electron chi connectivity index (χ0n) is 18.5. The van der Waals surface area contributed by atoms with Gasteiger partial charge >= 0.3 is 10.1 Å². The Morgan fingerprint density at radius 1 is 1.15 bits per heavy atom. The summed E-state index contributed by atoms with van der Waals surface area (Å²) in [6.45, 7) is 2.60. The van der Waals surface area contributed by atoms with Gasteiger partial charge in [-0.2, -0.15) is 8.42 Å². The van der Waals surface area contributed by atoms with E-state index in [1.807, 2.05) is 36.4 Å². The predicted octanol–water partition coefficient (Wildman–Crippen LogP) is 3.49. The van der Waals surface area contributed by atoms with E-state index < -0.39 is 16.1 Å². The molecule has 1 fully saturated rings. The highest BCUT2D eigenvalue weighted by Crippen LogP contribution is 2.27. The fourth-order valence-corrected chi connectivity index (χ4v) is 4.47. The third kappa shape index (κ3) is 6.13. The van der Waals surface area contributed by atoms with E-state index in [0.717, 1.165) is 42.5 Å². The number of carbonyl (C=O) groups is 1. The largest absolute Gasteiger partial charge is 0.475 e. The van der Waals surface area contributed by atoms with E-state index in [2.05, 4.69) is 4.90 Å². The van der Waals surface area contributed by atoms with E-state index in [-0.39, 0.29) is 18.4 Å². The minimum Gasteiger partial charge on any atom is -0.475 e. The van der Waals surface area contributed by atoms with Gasteiger partial charge in [0.15, 0.2) is 0 Å². The lowest BCUT2D eigenvalue weighted by molar-refractivity contribution is -0.132.